The van der Waals surface area contributed by atoms with E-state index in [4.69, 9.17) is 4.52 Å². The van der Waals surface area contributed by atoms with E-state index < -0.39 is 10.0 Å². The first-order valence-corrected chi connectivity index (χ1v) is 12.3. The van der Waals surface area contributed by atoms with Crippen LogP contribution in [0.5, 0.6) is 0 Å². The van der Waals surface area contributed by atoms with Crippen LogP contribution in [0.2, 0.25) is 0 Å². The molecule has 0 radical (unpaired) electrons. The van der Waals surface area contributed by atoms with E-state index in [1.807, 2.05) is 4.90 Å². The molecule has 29 heavy (non-hydrogen) atoms. The van der Waals surface area contributed by atoms with Gasteiger partial charge in [-0.05, 0) is 45.1 Å². The molecule has 2 aliphatic rings. The maximum absolute atomic E-state index is 13.3. The van der Waals surface area contributed by atoms with Crippen molar-refractivity contribution in [2.75, 3.05) is 26.2 Å². The van der Waals surface area contributed by atoms with Crippen molar-refractivity contribution in [3.05, 3.63) is 16.8 Å². The predicted molar refractivity (Wildman–Crippen MR) is 109 cm³/mol. The van der Waals surface area contributed by atoms with Gasteiger partial charge in [0, 0.05) is 38.0 Å². The molecule has 1 atom stereocenters. The highest BCUT2D eigenvalue weighted by molar-refractivity contribution is 7.89. The number of hydrogen-bond donors (Lipinski definition) is 0. The smallest absolute Gasteiger partial charge is 0.244 e. The Bertz CT molecular complexity index is 992. The van der Waals surface area contributed by atoms with Crippen LogP contribution in [0.15, 0.2) is 15.5 Å². The number of thiophene rings is 1. The standard InChI is InChI=1S/C19H26N4O4S2/c1-13-17(11-16(28-13)18-20-14(2)27-21-18)29(25,26)23-10-6-7-15(12-23)19(24)22-8-4-3-5-9-22/h11,15H,3-10,12H2,1-2H3. The Morgan fingerprint density at radius 2 is 1.93 bits per heavy atom. The van der Waals surface area contributed by atoms with Crippen molar-refractivity contribution in [3.63, 3.8) is 0 Å². The topological polar surface area (TPSA) is 96.6 Å². The van der Waals surface area contributed by atoms with Gasteiger partial charge in [0.1, 0.15) is 0 Å². The maximum Gasteiger partial charge on any atom is 0.244 e. The van der Waals surface area contributed by atoms with Gasteiger partial charge in [0.2, 0.25) is 27.6 Å². The number of carbonyl (C=O) groups excluding carboxylic acids is 1. The number of nitrogens with zero attached hydrogens (tertiary/aromatic N) is 4. The van der Waals surface area contributed by atoms with Crippen LogP contribution in [0, 0.1) is 19.8 Å². The van der Waals surface area contributed by atoms with Gasteiger partial charge in [0.25, 0.3) is 0 Å². The summed E-state index contributed by atoms with van der Waals surface area (Å²) in [5.74, 6) is 0.684. The van der Waals surface area contributed by atoms with Crippen molar-refractivity contribution < 1.29 is 17.7 Å². The van der Waals surface area contributed by atoms with E-state index in [1.54, 1.807) is 19.9 Å². The number of aromatic nitrogens is 2. The summed E-state index contributed by atoms with van der Waals surface area (Å²) in [4.78, 5) is 20.6. The minimum Gasteiger partial charge on any atom is -0.342 e. The second-order valence-electron chi connectivity index (χ2n) is 7.76. The largest absolute Gasteiger partial charge is 0.342 e. The molecule has 0 spiro atoms. The molecule has 2 aromatic heterocycles. The molecule has 0 aliphatic carbocycles. The monoisotopic (exact) mass is 438 g/mol. The number of rotatable bonds is 4. The van der Waals surface area contributed by atoms with Crippen LogP contribution in [0.1, 0.15) is 42.9 Å². The maximum atomic E-state index is 13.3. The minimum absolute atomic E-state index is 0.106. The van der Waals surface area contributed by atoms with Crippen molar-refractivity contribution in [2.24, 2.45) is 5.92 Å². The lowest BCUT2D eigenvalue weighted by Crippen LogP contribution is -2.47. The molecule has 4 heterocycles. The van der Waals surface area contributed by atoms with Gasteiger partial charge in [-0.15, -0.1) is 11.3 Å². The fourth-order valence-corrected chi connectivity index (χ4v) is 7.11. The molecular formula is C19H26N4O4S2. The van der Waals surface area contributed by atoms with Crippen LogP contribution in [0.3, 0.4) is 0 Å². The predicted octanol–water partition coefficient (Wildman–Crippen LogP) is 2.83. The van der Waals surface area contributed by atoms with Crippen LogP contribution in [0.4, 0.5) is 0 Å². The Morgan fingerprint density at radius 1 is 1.17 bits per heavy atom. The number of likely N-dealkylation sites (tertiary alicyclic amines) is 1. The molecule has 2 saturated heterocycles. The van der Waals surface area contributed by atoms with E-state index in [2.05, 4.69) is 10.1 Å². The first-order valence-electron chi connectivity index (χ1n) is 10.1. The molecule has 1 amide bonds. The van der Waals surface area contributed by atoms with Gasteiger partial charge in [-0.1, -0.05) is 5.16 Å². The van der Waals surface area contributed by atoms with Crippen molar-refractivity contribution in [1.82, 2.24) is 19.3 Å². The van der Waals surface area contributed by atoms with Crippen LogP contribution in [0.25, 0.3) is 10.7 Å². The molecule has 8 nitrogen and oxygen atoms in total. The summed E-state index contributed by atoms with van der Waals surface area (Å²) in [5.41, 5.74) is 0. The van der Waals surface area contributed by atoms with Gasteiger partial charge in [-0.2, -0.15) is 9.29 Å². The highest BCUT2D eigenvalue weighted by Crippen LogP contribution is 2.35. The molecule has 2 fully saturated rings. The van der Waals surface area contributed by atoms with E-state index in [1.165, 1.54) is 15.6 Å². The first kappa shape index (κ1) is 20.5. The molecule has 10 heteroatoms. The quantitative estimate of drug-likeness (QED) is 0.728. The molecule has 4 rings (SSSR count). The summed E-state index contributed by atoms with van der Waals surface area (Å²) in [6.45, 7) is 5.76. The zero-order valence-electron chi connectivity index (χ0n) is 16.8. The lowest BCUT2D eigenvalue weighted by molar-refractivity contribution is -0.137. The van der Waals surface area contributed by atoms with Crippen LogP contribution >= 0.6 is 11.3 Å². The summed E-state index contributed by atoms with van der Waals surface area (Å²) < 4.78 is 33.2. The van der Waals surface area contributed by atoms with E-state index >= 15 is 0 Å². The highest BCUT2D eigenvalue weighted by Gasteiger charge is 2.36. The number of aryl methyl sites for hydroxylation is 2. The number of amides is 1. The highest BCUT2D eigenvalue weighted by atomic mass is 32.2. The van der Waals surface area contributed by atoms with Crippen molar-refractivity contribution in [3.8, 4) is 10.7 Å². The van der Waals surface area contributed by atoms with E-state index in [0.29, 0.717) is 34.4 Å². The second-order valence-corrected chi connectivity index (χ2v) is 10.9. The Hall–Kier alpha value is -1.78. The van der Waals surface area contributed by atoms with Crippen molar-refractivity contribution in [1.29, 1.82) is 0 Å². The van der Waals surface area contributed by atoms with Gasteiger partial charge in [-0.25, -0.2) is 8.42 Å². The number of hydrogen-bond acceptors (Lipinski definition) is 7. The van der Waals surface area contributed by atoms with Crippen molar-refractivity contribution >= 4 is 27.3 Å². The Morgan fingerprint density at radius 3 is 2.62 bits per heavy atom. The summed E-state index contributed by atoms with van der Waals surface area (Å²) >= 11 is 1.34. The molecule has 1 unspecified atom stereocenters. The van der Waals surface area contributed by atoms with Gasteiger partial charge in [0.15, 0.2) is 0 Å². The third kappa shape index (κ3) is 4.10. The van der Waals surface area contributed by atoms with Gasteiger partial charge >= 0.3 is 0 Å². The molecule has 0 N–H and O–H groups in total. The molecule has 0 bridgehead atoms. The molecular weight excluding hydrogens is 412 g/mol. The Kier molecular flexibility index (Phi) is 5.76. The fraction of sp³-hybridized carbons (Fsp3) is 0.632. The average Bonchev–Trinajstić information content (AvgIpc) is 3.34. The molecule has 2 aliphatic heterocycles. The van der Waals surface area contributed by atoms with Crippen LogP contribution in [-0.2, 0) is 14.8 Å². The van der Waals surface area contributed by atoms with Crippen LogP contribution < -0.4 is 0 Å². The summed E-state index contributed by atoms with van der Waals surface area (Å²) in [6.07, 6.45) is 4.68. The Labute approximate surface area is 174 Å². The molecule has 158 valence electrons. The van der Waals surface area contributed by atoms with Gasteiger partial charge < -0.3 is 9.42 Å². The average molecular weight is 439 g/mol. The van der Waals surface area contributed by atoms with Gasteiger partial charge in [-0.3, -0.25) is 4.79 Å². The first-order chi connectivity index (χ1) is 13.9. The molecule has 0 saturated carbocycles. The lowest BCUT2D eigenvalue weighted by Gasteiger charge is -2.35. The summed E-state index contributed by atoms with van der Waals surface area (Å²) in [6, 6.07) is 1.62. The number of piperidine rings is 2. The zero-order chi connectivity index (χ0) is 20.6. The molecule has 0 aromatic carbocycles. The normalized spacial score (nSPS) is 21.4. The lowest BCUT2D eigenvalue weighted by atomic mass is 9.97. The summed E-state index contributed by atoms with van der Waals surface area (Å²) in [7, 11) is -3.68. The van der Waals surface area contributed by atoms with Gasteiger partial charge in [0.05, 0.1) is 15.7 Å². The third-order valence-corrected chi connectivity index (χ3v) is 8.81. The van der Waals surface area contributed by atoms with Crippen LogP contribution in [-0.4, -0.2) is 59.8 Å². The number of carbonyl (C=O) groups is 1. The van der Waals surface area contributed by atoms with Crippen molar-refractivity contribution in [2.45, 2.75) is 50.8 Å². The third-order valence-electron chi connectivity index (χ3n) is 5.64. The SMILES string of the molecule is Cc1nc(-c2cc(S(=O)(=O)N3CCCC(C(=O)N4CCCCC4)C3)c(C)s2)no1. The molecule has 2 aromatic rings. The van der Waals surface area contributed by atoms with E-state index in [0.717, 1.165) is 38.8 Å². The second kappa shape index (κ2) is 8.16. The minimum atomic E-state index is -3.68. The fourth-order valence-electron chi connectivity index (χ4n) is 4.10. The van der Waals surface area contributed by atoms with E-state index in [-0.39, 0.29) is 23.3 Å². The number of sulfonamides is 1. The Balaban J connectivity index is 1.54. The zero-order valence-corrected chi connectivity index (χ0v) is 18.4. The summed E-state index contributed by atoms with van der Waals surface area (Å²) in [5, 5.41) is 3.89. The van der Waals surface area contributed by atoms with E-state index in [9.17, 15) is 13.2 Å².